The molecule has 1 rings (SSSR count). The summed E-state index contributed by atoms with van der Waals surface area (Å²) in [6.07, 6.45) is 0.109. The van der Waals surface area contributed by atoms with E-state index in [4.69, 9.17) is 5.73 Å². The second kappa shape index (κ2) is 5.37. The van der Waals surface area contributed by atoms with Gasteiger partial charge in [-0.15, -0.1) is 0 Å². The highest BCUT2D eigenvalue weighted by molar-refractivity contribution is 9.10. The summed E-state index contributed by atoms with van der Waals surface area (Å²) in [5.41, 5.74) is 5.79. The number of hydrogen-bond acceptors (Lipinski definition) is 2. The summed E-state index contributed by atoms with van der Waals surface area (Å²) < 4.78 is 14.0. The number of carbonyl (C=O) groups excluding carboxylic acids is 1. The zero-order valence-corrected chi connectivity index (χ0v) is 10.1. The maximum atomic E-state index is 13.4. The van der Waals surface area contributed by atoms with Gasteiger partial charge in [0.2, 0.25) is 0 Å². The van der Waals surface area contributed by atoms with Crippen LogP contribution in [0.2, 0.25) is 0 Å². The molecule has 0 heterocycles. The standard InChI is InChI=1S/C11H13BrFNO/c1-7(6-14)11(15)4-8-2-3-9(12)5-10(8)13/h2-3,5,7H,4,6,14H2,1H3. The van der Waals surface area contributed by atoms with Crippen molar-refractivity contribution in [2.24, 2.45) is 11.7 Å². The van der Waals surface area contributed by atoms with Crippen LogP contribution in [0.25, 0.3) is 0 Å². The minimum atomic E-state index is -0.359. The van der Waals surface area contributed by atoms with Gasteiger partial charge in [0.1, 0.15) is 11.6 Å². The van der Waals surface area contributed by atoms with Gasteiger partial charge in [0.25, 0.3) is 0 Å². The Hall–Kier alpha value is -0.740. The molecule has 0 fully saturated rings. The molecule has 0 bridgehead atoms. The molecule has 0 aliphatic rings. The van der Waals surface area contributed by atoms with Crippen molar-refractivity contribution in [3.8, 4) is 0 Å². The van der Waals surface area contributed by atoms with Crippen molar-refractivity contribution in [3.05, 3.63) is 34.1 Å². The molecule has 0 spiro atoms. The largest absolute Gasteiger partial charge is 0.330 e. The molecule has 0 saturated carbocycles. The Labute approximate surface area is 96.8 Å². The molecule has 2 nitrogen and oxygen atoms in total. The topological polar surface area (TPSA) is 43.1 Å². The third-order valence-corrected chi connectivity index (χ3v) is 2.78. The summed E-state index contributed by atoms with van der Waals surface area (Å²) in [7, 11) is 0. The molecule has 2 N–H and O–H groups in total. The van der Waals surface area contributed by atoms with Gasteiger partial charge < -0.3 is 5.73 Å². The van der Waals surface area contributed by atoms with Crippen LogP contribution in [0.3, 0.4) is 0 Å². The van der Waals surface area contributed by atoms with Gasteiger partial charge in [-0.3, -0.25) is 4.79 Å². The Morgan fingerprint density at radius 2 is 2.27 bits per heavy atom. The van der Waals surface area contributed by atoms with Gasteiger partial charge in [0, 0.05) is 23.4 Å². The van der Waals surface area contributed by atoms with E-state index in [1.165, 1.54) is 6.07 Å². The summed E-state index contributed by atoms with van der Waals surface area (Å²) in [6.45, 7) is 2.05. The molecule has 0 aliphatic heterocycles. The van der Waals surface area contributed by atoms with Crippen LogP contribution in [0.5, 0.6) is 0 Å². The van der Waals surface area contributed by atoms with Crippen LogP contribution in [0.4, 0.5) is 4.39 Å². The first-order chi connectivity index (χ1) is 7.04. The van der Waals surface area contributed by atoms with Crippen LogP contribution in [-0.4, -0.2) is 12.3 Å². The lowest BCUT2D eigenvalue weighted by Gasteiger charge is -2.08. The molecule has 15 heavy (non-hydrogen) atoms. The monoisotopic (exact) mass is 273 g/mol. The van der Waals surface area contributed by atoms with Crippen LogP contribution >= 0.6 is 15.9 Å². The Balaban J connectivity index is 2.77. The summed E-state index contributed by atoms with van der Waals surface area (Å²) >= 11 is 3.16. The SMILES string of the molecule is CC(CN)C(=O)Cc1ccc(Br)cc1F. The van der Waals surface area contributed by atoms with E-state index in [0.717, 1.165) is 0 Å². The highest BCUT2D eigenvalue weighted by atomic mass is 79.9. The average Bonchev–Trinajstić information content (AvgIpc) is 2.20. The van der Waals surface area contributed by atoms with Crippen molar-refractivity contribution < 1.29 is 9.18 Å². The summed E-state index contributed by atoms with van der Waals surface area (Å²) in [5.74, 6) is -0.603. The predicted molar refractivity (Wildman–Crippen MR) is 61.0 cm³/mol. The van der Waals surface area contributed by atoms with Crippen LogP contribution in [0, 0.1) is 11.7 Å². The Bertz CT molecular complexity index is 368. The Morgan fingerprint density at radius 1 is 1.60 bits per heavy atom. The van der Waals surface area contributed by atoms with Crippen molar-refractivity contribution in [2.45, 2.75) is 13.3 Å². The molecule has 0 radical (unpaired) electrons. The first-order valence-electron chi connectivity index (χ1n) is 4.71. The fraction of sp³-hybridized carbons (Fsp3) is 0.364. The predicted octanol–water partition coefficient (Wildman–Crippen LogP) is 2.29. The molecule has 0 aromatic heterocycles. The lowest BCUT2D eigenvalue weighted by atomic mass is 9.99. The van der Waals surface area contributed by atoms with Crippen LogP contribution in [0.15, 0.2) is 22.7 Å². The van der Waals surface area contributed by atoms with Crippen molar-refractivity contribution in [1.29, 1.82) is 0 Å². The van der Waals surface area contributed by atoms with E-state index in [9.17, 15) is 9.18 Å². The summed E-state index contributed by atoms with van der Waals surface area (Å²) in [4.78, 5) is 11.5. The molecule has 0 amide bonds. The van der Waals surface area contributed by atoms with Crippen LogP contribution in [0.1, 0.15) is 12.5 Å². The molecule has 1 unspecified atom stereocenters. The van der Waals surface area contributed by atoms with E-state index in [0.29, 0.717) is 16.6 Å². The van der Waals surface area contributed by atoms with Crippen molar-refractivity contribution >= 4 is 21.7 Å². The second-order valence-electron chi connectivity index (χ2n) is 3.52. The first kappa shape index (κ1) is 12.3. The van der Waals surface area contributed by atoms with Crippen LogP contribution in [-0.2, 0) is 11.2 Å². The van der Waals surface area contributed by atoms with E-state index in [1.807, 2.05) is 0 Å². The van der Waals surface area contributed by atoms with Crippen molar-refractivity contribution in [2.75, 3.05) is 6.54 Å². The normalized spacial score (nSPS) is 12.5. The lowest BCUT2D eigenvalue weighted by Crippen LogP contribution is -2.22. The van der Waals surface area contributed by atoms with Gasteiger partial charge in [0.05, 0.1) is 0 Å². The van der Waals surface area contributed by atoms with Gasteiger partial charge in [-0.2, -0.15) is 0 Å². The highest BCUT2D eigenvalue weighted by Crippen LogP contribution is 2.16. The fourth-order valence-electron chi connectivity index (χ4n) is 1.16. The minimum Gasteiger partial charge on any atom is -0.330 e. The maximum absolute atomic E-state index is 13.4. The van der Waals surface area contributed by atoms with Crippen LogP contribution < -0.4 is 5.73 Å². The molecule has 0 saturated heterocycles. The van der Waals surface area contributed by atoms with Gasteiger partial charge >= 0.3 is 0 Å². The summed E-state index contributed by atoms with van der Waals surface area (Å²) in [6, 6.07) is 4.69. The number of halogens is 2. The molecule has 82 valence electrons. The molecular weight excluding hydrogens is 261 g/mol. The second-order valence-corrected chi connectivity index (χ2v) is 4.43. The van der Waals surface area contributed by atoms with E-state index < -0.39 is 0 Å². The van der Waals surface area contributed by atoms with E-state index in [2.05, 4.69) is 15.9 Å². The fourth-order valence-corrected chi connectivity index (χ4v) is 1.49. The molecular formula is C11H13BrFNO. The third kappa shape index (κ3) is 3.39. The average molecular weight is 274 g/mol. The van der Waals surface area contributed by atoms with Gasteiger partial charge in [0.15, 0.2) is 0 Å². The van der Waals surface area contributed by atoms with Crippen molar-refractivity contribution in [3.63, 3.8) is 0 Å². The van der Waals surface area contributed by atoms with E-state index >= 15 is 0 Å². The number of ketones is 1. The van der Waals surface area contributed by atoms with Gasteiger partial charge in [-0.25, -0.2) is 4.39 Å². The molecule has 0 aliphatic carbocycles. The molecule has 1 atom stereocenters. The number of Topliss-reactive ketones (excluding diaryl/α,β-unsaturated/α-hetero) is 1. The highest BCUT2D eigenvalue weighted by Gasteiger charge is 2.13. The molecule has 1 aromatic rings. The van der Waals surface area contributed by atoms with Gasteiger partial charge in [-0.1, -0.05) is 28.9 Å². The molecule has 4 heteroatoms. The van der Waals surface area contributed by atoms with Gasteiger partial charge in [-0.05, 0) is 17.7 Å². The van der Waals surface area contributed by atoms with E-state index in [1.54, 1.807) is 19.1 Å². The zero-order chi connectivity index (χ0) is 11.4. The Kier molecular flexibility index (Phi) is 4.42. The quantitative estimate of drug-likeness (QED) is 0.915. The first-order valence-corrected chi connectivity index (χ1v) is 5.50. The van der Waals surface area contributed by atoms with Crippen molar-refractivity contribution in [1.82, 2.24) is 0 Å². The molecule has 1 aromatic carbocycles. The number of benzene rings is 1. The Morgan fingerprint density at radius 3 is 2.80 bits per heavy atom. The number of hydrogen-bond donors (Lipinski definition) is 1. The third-order valence-electron chi connectivity index (χ3n) is 2.28. The zero-order valence-electron chi connectivity index (χ0n) is 8.47. The number of nitrogens with two attached hydrogens (primary N) is 1. The van der Waals surface area contributed by atoms with E-state index in [-0.39, 0.29) is 23.9 Å². The minimum absolute atomic E-state index is 0.0290. The summed E-state index contributed by atoms with van der Waals surface area (Å²) in [5, 5.41) is 0. The lowest BCUT2D eigenvalue weighted by molar-refractivity contribution is -0.121. The maximum Gasteiger partial charge on any atom is 0.141 e. The number of rotatable bonds is 4. The number of carbonyl (C=O) groups is 1. The smallest absolute Gasteiger partial charge is 0.141 e.